The molecular formula is C20H28N2O3. The molecule has 1 aliphatic heterocycles. The van der Waals surface area contributed by atoms with Crippen LogP contribution in [0, 0.1) is 18.8 Å². The van der Waals surface area contributed by atoms with E-state index in [1.165, 1.54) is 5.56 Å². The zero-order chi connectivity index (χ0) is 17.8. The van der Waals surface area contributed by atoms with Gasteiger partial charge in [0.05, 0.1) is 12.0 Å². The number of ether oxygens (including phenoxy) is 1. The van der Waals surface area contributed by atoms with Gasteiger partial charge in [0.25, 0.3) is 0 Å². The van der Waals surface area contributed by atoms with E-state index in [2.05, 4.69) is 5.32 Å². The number of carbonyl (C=O) groups is 2. The van der Waals surface area contributed by atoms with E-state index < -0.39 is 0 Å². The number of benzene rings is 1. The van der Waals surface area contributed by atoms with Gasteiger partial charge in [-0.05, 0) is 51.7 Å². The summed E-state index contributed by atoms with van der Waals surface area (Å²) in [5.74, 6) is 1.22. The largest absolute Gasteiger partial charge is 0.491 e. The Morgan fingerprint density at radius 3 is 2.60 bits per heavy atom. The van der Waals surface area contributed by atoms with Crippen molar-refractivity contribution in [2.24, 2.45) is 11.8 Å². The quantitative estimate of drug-likeness (QED) is 0.863. The number of hydrogen-bond donors (Lipinski definition) is 1. The molecule has 1 aromatic carbocycles. The van der Waals surface area contributed by atoms with Crippen LogP contribution in [0.25, 0.3) is 0 Å². The second-order valence-electron chi connectivity index (χ2n) is 7.43. The summed E-state index contributed by atoms with van der Waals surface area (Å²) >= 11 is 0. The Labute approximate surface area is 149 Å². The van der Waals surface area contributed by atoms with Gasteiger partial charge in [0.15, 0.2) is 0 Å². The summed E-state index contributed by atoms with van der Waals surface area (Å²) in [6.45, 7) is 5.78. The average molecular weight is 344 g/mol. The smallest absolute Gasteiger partial charge is 0.225 e. The van der Waals surface area contributed by atoms with E-state index in [9.17, 15) is 9.59 Å². The maximum absolute atomic E-state index is 12.5. The number of piperidine rings is 1. The summed E-state index contributed by atoms with van der Waals surface area (Å²) in [7, 11) is 0. The summed E-state index contributed by atoms with van der Waals surface area (Å²) in [5, 5.41) is 3.03. The van der Waals surface area contributed by atoms with Crippen LogP contribution in [-0.2, 0) is 9.59 Å². The minimum absolute atomic E-state index is 0.0355. The first kappa shape index (κ1) is 17.8. The molecule has 1 heterocycles. The fraction of sp³-hybridized carbons (Fsp3) is 0.600. The van der Waals surface area contributed by atoms with Crippen LogP contribution in [0.4, 0.5) is 0 Å². The van der Waals surface area contributed by atoms with Crippen LogP contribution in [0.5, 0.6) is 5.75 Å². The van der Waals surface area contributed by atoms with E-state index in [-0.39, 0.29) is 29.7 Å². The van der Waals surface area contributed by atoms with Crippen molar-refractivity contribution in [3.8, 4) is 5.75 Å². The molecule has 2 atom stereocenters. The third kappa shape index (κ3) is 4.97. The topological polar surface area (TPSA) is 58.6 Å². The lowest BCUT2D eigenvalue weighted by Gasteiger charge is -2.32. The molecule has 2 fully saturated rings. The summed E-state index contributed by atoms with van der Waals surface area (Å²) in [6.07, 6.45) is 3.79. The molecule has 1 N–H and O–H groups in total. The second kappa shape index (κ2) is 7.89. The number of amides is 2. The molecule has 2 amide bonds. The van der Waals surface area contributed by atoms with Gasteiger partial charge in [-0.25, -0.2) is 0 Å². The van der Waals surface area contributed by atoms with Crippen molar-refractivity contribution in [1.29, 1.82) is 0 Å². The Morgan fingerprint density at radius 2 is 1.92 bits per heavy atom. The van der Waals surface area contributed by atoms with Gasteiger partial charge >= 0.3 is 0 Å². The van der Waals surface area contributed by atoms with Gasteiger partial charge in [-0.3, -0.25) is 9.59 Å². The van der Waals surface area contributed by atoms with Gasteiger partial charge in [0.1, 0.15) is 12.4 Å². The minimum atomic E-state index is -0.0988. The summed E-state index contributed by atoms with van der Waals surface area (Å²) in [4.78, 5) is 26.6. The Kier molecular flexibility index (Phi) is 5.61. The van der Waals surface area contributed by atoms with Gasteiger partial charge in [-0.2, -0.15) is 0 Å². The number of carbonyl (C=O) groups excluding carboxylic acids is 2. The molecule has 136 valence electrons. The number of hydrogen-bond acceptors (Lipinski definition) is 3. The van der Waals surface area contributed by atoms with Crippen LogP contribution in [0.2, 0.25) is 0 Å². The Morgan fingerprint density at radius 1 is 1.20 bits per heavy atom. The van der Waals surface area contributed by atoms with Crippen molar-refractivity contribution in [3.05, 3.63) is 29.8 Å². The highest BCUT2D eigenvalue weighted by molar-refractivity contribution is 5.83. The van der Waals surface area contributed by atoms with Gasteiger partial charge in [0.2, 0.25) is 11.8 Å². The van der Waals surface area contributed by atoms with Crippen LogP contribution in [0.3, 0.4) is 0 Å². The molecule has 2 aliphatic rings. The zero-order valence-corrected chi connectivity index (χ0v) is 15.2. The van der Waals surface area contributed by atoms with Gasteiger partial charge in [-0.1, -0.05) is 17.7 Å². The van der Waals surface area contributed by atoms with Crippen molar-refractivity contribution < 1.29 is 14.3 Å². The average Bonchev–Trinajstić information content (AvgIpc) is 3.46. The molecule has 0 unspecified atom stereocenters. The van der Waals surface area contributed by atoms with E-state index in [0.717, 1.165) is 38.0 Å². The Bertz CT molecular complexity index is 610. The predicted molar refractivity (Wildman–Crippen MR) is 96.3 cm³/mol. The standard InChI is InChI=1S/C20H28N2O3/c1-14-5-9-18(10-6-14)25-13-15(2)21-19(23)17-4-3-11-22(12-17)20(24)16-7-8-16/h5-6,9-10,15-17H,3-4,7-8,11-13H2,1-2H3,(H,21,23)/t15-,17-/m1/s1. The number of aryl methyl sites for hydroxylation is 1. The molecule has 1 saturated heterocycles. The van der Waals surface area contributed by atoms with Gasteiger partial charge < -0.3 is 15.0 Å². The molecular weight excluding hydrogens is 316 g/mol. The van der Waals surface area contributed by atoms with E-state index >= 15 is 0 Å². The Hall–Kier alpha value is -2.04. The van der Waals surface area contributed by atoms with Crippen molar-refractivity contribution in [3.63, 3.8) is 0 Å². The third-order valence-corrected chi connectivity index (χ3v) is 4.94. The number of nitrogens with zero attached hydrogens (tertiary/aromatic N) is 1. The van der Waals surface area contributed by atoms with E-state index in [1.54, 1.807) is 0 Å². The summed E-state index contributed by atoms with van der Waals surface area (Å²) in [5.41, 5.74) is 1.19. The second-order valence-corrected chi connectivity index (χ2v) is 7.43. The van der Waals surface area contributed by atoms with Crippen molar-refractivity contribution >= 4 is 11.8 Å². The highest BCUT2D eigenvalue weighted by Gasteiger charge is 2.36. The Balaban J connectivity index is 1.44. The highest BCUT2D eigenvalue weighted by atomic mass is 16.5. The van der Waals surface area contributed by atoms with Crippen LogP contribution < -0.4 is 10.1 Å². The molecule has 5 heteroatoms. The number of nitrogens with one attached hydrogen (secondary N) is 1. The van der Waals surface area contributed by atoms with E-state index in [4.69, 9.17) is 4.74 Å². The van der Waals surface area contributed by atoms with Crippen LogP contribution in [0.1, 0.15) is 38.2 Å². The molecule has 0 aromatic heterocycles. The highest BCUT2D eigenvalue weighted by Crippen LogP contribution is 2.32. The molecule has 1 aliphatic carbocycles. The molecule has 1 aromatic rings. The number of rotatable bonds is 6. The lowest BCUT2D eigenvalue weighted by molar-refractivity contribution is -0.137. The van der Waals surface area contributed by atoms with E-state index in [0.29, 0.717) is 13.2 Å². The van der Waals surface area contributed by atoms with Crippen molar-refractivity contribution in [1.82, 2.24) is 10.2 Å². The van der Waals surface area contributed by atoms with E-state index in [1.807, 2.05) is 43.0 Å². The first-order valence-corrected chi connectivity index (χ1v) is 9.31. The van der Waals surface area contributed by atoms with Crippen molar-refractivity contribution in [2.75, 3.05) is 19.7 Å². The van der Waals surface area contributed by atoms with Crippen LogP contribution >= 0.6 is 0 Å². The zero-order valence-electron chi connectivity index (χ0n) is 15.2. The van der Waals surface area contributed by atoms with Gasteiger partial charge in [-0.15, -0.1) is 0 Å². The maximum atomic E-state index is 12.5. The van der Waals surface area contributed by atoms with Crippen LogP contribution in [-0.4, -0.2) is 42.5 Å². The first-order chi connectivity index (χ1) is 12.0. The normalized spacial score (nSPS) is 21.5. The molecule has 0 spiro atoms. The van der Waals surface area contributed by atoms with Gasteiger partial charge in [0, 0.05) is 19.0 Å². The molecule has 0 radical (unpaired) electrons. The molecule has 5 nitrogen and oxygen atoms in total. The summed E-state index contributed by atoms with van der Waals surface area (Å²) < 4.78 is 5.73. The SMILES string of the molecule is Cc1ccc(OC[C@@H](C)NC(=O)[C@@H]2CCCN(C(=O)C3CC3)C2)cc1. The predicted octanol–water partition coefficient (Wildman–Crippen LogP) is 2.53. The molecule has 25 heavy (non-hydrogen) atoms. The monoisotopic (exact) mass is 344 g/mol. The lowest BCUT2D eigenvalue weighted by Crippen LogP contribution is -2.48. The van der Waals surface area contributed by atoms with Crippen LogP contribution in [0.15, 0.2) is 24.3 Å². The minimum Gasteiger partial charge on any atom is -0.491 e. The lowest BCUT2D eigenvalue weighted by atomic mass is 9.96. The number of likely N-dealkylation sites (tertiary alicyclic amines) is 1. The summed E-state index contributed by atoms with van der Waals surface area (Å²) in [6, 6.07) is 7.82. The molecule has 1 saturated carbocycles. The molecule has 3 rings (SSSR count). The fourth-order valence-electron chi connectivity index (χ4n) is 3.24. The third-order valence-electron chi connectivity index (χ3n) is 4.94. The molecule has 0 bridgehead atoms. The maximum Gasteiger partial charge on any atom is 0.225 e. The first-order valence-electron chi connectivity index (χ1n) is 9.31. The van der Waals surface area contributed by atoms with Crippen molar-refractivity contribution in [2.45, 2.75) is 45.6 Å². The fourth-order valence-corrected chi connectivity index (χ4v) is 3.24.